The largest absolute Gasteiger partial charge is 0.480 e. The molecule has 0 spiro atoms. The summed E-state index contributed by atoms with van der Waals surface area (Å²) in [4.78, 5) is 51.6. The van der Waals surface area contributed by atoms with Crippen molar-refractivity contribution in [3.63, 3.8) is 0 Å². The Bertz CT molecular complexity index is 1290. The van der Waals surface area contributed by atoms with Crippen molar-refractivity contribution in [2.24, 2.45) is 5.73 Å². The van der Waals surface area contributed by atoms with Gasteiger partial charge in [0.2, 0.25) is 11.8 Å². The zero-order valence-corrected chi connectivity index (χ0v) is 25.2. The van der Waals surface area contributed by atoms with E-state index in [-0.39, 0.29) is 30.5 Å². The zero-order valence-electron chi connectivity index (χ0n) is 24.2. The SMILES string of the molecule is CC(C)(C)[Si](C)(C)O[C@@H]1C[C@@H](C(=O)O)N(C(=O)[C@H](CC(N)=O)NC(=O)OCC2c3ccccc3-c3ccccc32)C1. The van der Waals surface area contributed by atoms with Gasteiger partial charge < -0.3 is 30.2 Å². The first-order chi connectivity index (χ1) is 19.2. The summed E-state index contributed by atoms with van der Waals surface area (Å²) >= 11 is 0. The number of carbonyl (C=O) groups excluding carboxylic acids is 3. The molecule has 2 aromatic carbocycles. The molecular weight excluding hydrogens is 542 g/mol. The van der Waals surface area contributed by atoms with Gasteiger partial charge in [0.1, 0.15) is 18.7 Å². The van der Waals surface area contributed by atoms with E-state index < -0.39 is 56.8 Å². The number of hydrogen-bond donors (Lipinski definition) is 3. The predicted octanol–water partition coefficient (Wildman–Crippen LogP) is 3.85. The Morgan fingerprint density at radius 2 is 1.61 bits per heavy atom. The lowest BCUT2D eigenvalue weighted by Crippen LogP contribution is -2.53. The highest BCUT2D eigenvalue weighted by atomic mass is 28.4. The summed E-state index contributed by atoms with van der Waals surface area (Å²) in [5.74, 6) is -2.91. The van der Waals surface area contributed by atoms with Gasteiger partial charge in [0.25, 0.3) is 0 Å². The van der Waals surface area contributed by atoms with Crippen LogP contribution in [0.4, 0.5) is 4.79 Å². The van der Waals surface area contributed by atoms with Crippen molar-refractivity contribution < 1.29 is 33.4 Å². The summed E-state index contributed by atoms with van der Waals surface area (Å²) < 4.78 is 12.0. The zero-order chi connectivity index (χ0) is 30.1. The molecule has 41 heavy (non-hydrogen) atoms. The van der Waals surface area contributed by atoms with Crippen molar-refractivity contribution in [2.75, 3.05) is 13.2 Å². The van der Waals surface area contributed by atoms with Crippen LogP contribution in [0.15, 0.2) is 48.5 Å². The molecule has 1 aliphatic carbocycles. The van der Waals surface area contributed by atoms with Gasteiger partial charge >= 0.3 is 12.1 Å². The molecule has 11 heteroatoms. The predicted molar refractivity (Wildman–Crippen MR) is 156 cm³/mol. The van der Waals surface area contributed by atoms with Crippen LogP contribution in [-0.2, 0) is 23.5 Å². The first kappa shape index (κ1) is 30.3. The van der Waals surface area contributed by atoms with Gasteiger partial charge in [-0.25, -0.2) is 9.59 Å². The third-order valence-corrected chi connectivity index (χ3v) is 13.0. The van der Waals surface area contributed by atoms with Crippen molar-refractivity contribution in [1.29, 1.82) is 0 Å². The van der Waals surface area contributed by atoms with Crippen LogP contribution in [0.25, 0.3) is 11.1 Å². The molecule has 2 aliphatic rings. The van der Waals surface area contributed by atoms with E-state index in [1.54, 1.807) is 0 Å². The van der Waals surface area contributed by atoms with Gasteiger partial charge in [0.15, 0.2) is 8.32 Å². The topological polar surface area (TPSA) is 148 Å². The van der Waals surface area contributed by atoms with Crippen molar-refractivity contribution in [2.45, 2.75) is 75.9 Å². The summed E-state index contributed by atoms with van der Waals surface area (Å²) in [6.45, 7) is 10.4. The van der Waals surface area contributed by atoms with E-state index in [1.807, 2.05) is 48.5 Å². The molecule has 0 radical (unpaired) electrons. The highest BCUT2D eigenvalue weighted by molar-refractivity contribution is 6.74. The smallest absolute Gasteiger partial charge is 0.407 e. The molecule has 1 heterocycles. The Hall–Kier alpha value is -3.70. The van der Waals surface area contributed by atoms with E-state index in [9.17, 15) is 24.3 Å². The van der Waals surface area contributed by atoms with Crippen molar-refractivity contribution in [1.82, 2.24) is 10.2 Å². The number of nitrogens with one attached hydrogen (secondary N) is 1. The number of carbonyl (C=O) groups is 4. The van der Waals surface area contributed by atoms with E-state index in [0.29, 0.717) is 0 Å². The number of carboxylic acid groups (broad SMARTS) is 1. The minimum Gasteiger partial charge on any atom is -0.480 e. The van der Waals surface area contributed by atoms with Crippen LogP contribution in [0.2, 0.25) is 18.1 Å². The number of likely N-dealkylation sites (tertiary alicyclic amines) is 1. The molecule has 0 aromatic heterocycles. The van der Waals surface area contributed by atoms with E-state index in [1.165, 1.54) is 0 Å². The Kier molecular flexibility index (Phi) is 8.60. The molecule has 1 fully saturated rings. The molecule has 3 amide bonds. The van der Waals surface area contributed by atoms with Gasteiger partial charge in [-0.15, -0.1) is 0 Å². The molecular formula is C30H39N3O7Si. The number of hydrogen-bond acceptors (Lipinski definition) is 6. The number of benzene rings is 2. The Balaban J connectivity index is 1.46. The lowest BCUT2D eigenvalue weighted by Gasteiger charge is -2.38. The number of nitrogens with zero attached hydrogens (tertiary/aromatic N) is 1. The number of fused-ring (bicyclic) bond motifs is 3. The van der Waals surface area contributed by atoms with E-state index in [2.05, 4.69) is 39.2 Å². The van der Waals surface area contributed by atoms with Gasteiger partial charge in [-0.2, -0.15) is 0 Å². The van der Waals surface area contributed by atoms with Crippen LogP contribution in [0.3, 0.4) is 0 Å². The molecule has 1 aliphatic heterocycles. The highest BCUT2D eigenvalue weighted by Crippen LogP contribution is 2.44. The molecule has 0 bridgehead atoms. The van der Waals surface area contributed by atoms with Gasteiger partial charge in [0.05, 0.1) is 12.5 Å². The quantitative estimate of drug-likeness (QED) is 0.381. The number of rotatable bonds is 9. The van der Waals surface area contributed by atoms with Crippen LogP contribution < -0.4 is 11.1 Å². The second kappa shape index (κ2) is 11.7. The van der Waals surface area contributed by atoms with E-state index in [0.717, 1.165) is 27.2 Å². The average Bonchev–Trinajstić information content (AvgIpc) is 3.45. The maximum atomic E-state index is 13.6. The number of ether oxygens (including phenoxy) is 1. The molecule has 1 saturated heterocycles. The fraction of sp³-hybridized carbons (Fsp3) is 0.467. The first-order valence-electron chi connectivity index (χ1n) is 13.8. The lowest BCUT2D eigenvalue weighted by atomic mass is 9.98. The van der Waals surface area contributed by atoms with Gasteiger partial charge in [0, 0.05) is 18.9 Å². The van der Waals surface area contributed by atoms with Crippen molar-refractivity contribution >= 4 is 32.2 Å². The van der Waals surface area contributed by atoms with Crippen molar-refractivity contribution in [3.05, 3.63) is 59.7 Å². The second-order valence-electron chi connectivity index (χ2n) is 12.3. The lowest BCUT2D eigenvalue weighted by molar-refractivity contribution is -0.149. The third kappa shape index (κ3) is 6.46. The van der Waals surface area contributed by atoms with Crippen LogP contribution in [-0.4, -0.2) is 73.5 Å². The Labute approximate surface area is 241 Å². The summed E-state index contributed by atoms with van der Waals surface area (Å²) in [6.07, 6.45) is -1.77. The summed E-state index contributed by atoms with van der Waals surface area (Å²) in [5, 5.41) is 12.2. The van der Waals surface area contributed by atoms with E-state index in [4.69, 9.17) is 14.9 Å². The number of nitrogens with two attached hydrogens (primary N) is 1. The van der Waals surface area contributed by atoms with Crippen molar-refractivity contribution in [3.8, 4) is 11.1 Å². The monoisotopic (exact) mass is 581 g/mol. The number of carboxylic acids is 1. The van der Waals surface area contributed by atoms with Crippen LogP contribution in [0, 0.1) is 0 Å². The number of primary amides is 1. The maximum absolute atomic E-state index is 13.6. The summed E-state index contributed by atoms with van der Waals surface area (Å²) in [5.41, 5.74) is 9.60. The third-order valence-electron chi connectivity index (χ3n) is 8.44. The average molecular weight is 582 g/mol. The number of alkyl carbamates (subject to hydrolysis) is 1. The Morgan fingerprint density at radius 1 is 1.05 bits per heavy atom. The minimum atomic E-state index is -2.25. The van der Waals surface area contributed by atoms with Gasteiger partial charge in [-0.05, 0) is 40.4 Å². The molecule has 0 unspecified atom stereocenters. The molecule has 10 nitrogen and oxygen atoms in total. The van der Waals surface area contributed by atoms with Crippen LogP contribution >= 0.6 is 0 Å². The molecule has 3 atom stereocenters. The van der Waals surface area contributed by atoms with Gasteiger partial charge in [-0.3, -0.25) is 9.59 Å². The summed E-state index contributed by atoms with van der Waals surface area (Å²) in [6, 6.07) is 13.2. The normalized spacial score (nSPS) is 19.3. The number of aliphatic carboxylic acids is 1. The maximum Gasteiger partial charge on any atom is 0.407 e. The molecule has 2 aromatic rings. The fourth-order valence-corrected chi connectivity index (χ4v) is 6.70. The van der Waals surface area contributed by atoms with E-state index >= 15 is 0 Å². The molecule has 4 rings (SSSR count). The second-order valence-corrected chi connectivity index (χ2v) is 17.0. The Morgan fingerprint density at radius 3 is 2.12 bits per heavy atom. The van der Waals surface area contributed by atoms with Crippen LogP contribution in [0.1, 0.15) is 50.7 Å². The summed E-state index contributed by atoms with van der Waals surface area (Å²) in [7, 11) is -2.25. The van der Waals surface area contributed by atoms with Crippen LogP contribution in [0.5, 0.6) is 0 Å². The first-order valence-corrected chi connectivity index (χ1v) is 16.7. The number of amides is 3. The fourth-order valence-electron chi connectivity index (χ4n) is 5.34. The molecule has 0 saturated carbocycles. The molecule has 220 valence electrons. The molecule has 4 N–H and O–H groups in total. The highest BCUT2D eigenvalue weighted by Gasteiger charge is 2.47. The van der Waals surface area contributed by atoms with Gasteiger partial charge in [-0.1, -0.05) is 69.3 Å². The minimum absolute atomic E-state index is 0.0151. The standard InChI is InChI=1S/C30H39N3O7Si/c1-30(2,3)41(4,5)40-18-14-25(28(36)37)33(16-18)27(35)24(15-26(31)34)32-29(38)39-17-23-21-12-8-6-10-19(21)20-11-7-9-13-22(20)23/h6-13,18,23-25H,14-17H2,1-5H3,(H2,31,34)(H,32,38)(H,36,37)/t18-,24+,25+/m1/s1.